The predicted molar refractivity (Wildman–Crippen MR) is 176 cm³/mol. The number of rotatable bonds is 7. The molecular weight excluding hydrogens is 622 g/mol. The van der Waals surface area contributed by atoms with E-state index in [-0.39, 0.29) is 42.8 Å². The van der Waals surface area contributed by atoms with Gasteiger partial charge in [-0.15, -0.1) is 24.8 Å². The van der Waals surface area contributed by atoms with Gasteiger partial charge in [0.15, 0.2) is 11.6 Å². The summed E-state index contributed by atoms with van der Waals surface area (Å²) in [5.41, 5.74) is 5.13. The van der Waals surface area contributed by atoms with Gasteiger partial charge in [-0.1, -0.05) is 24.3 Å². The van der Waals surface area contributed by atoms with Gasteiger partial charge in [-0.05, 0) is 97.7 Å². The maximum Gasteiger partial charge on any atom is 0.159 e. The molecule has 7 rings (SSSR count). The van der Waals surface area contributed by atoms with Gasteiger partial charge in [-0.25, -0.2) is 18.2 Å². The Kier molecular flexibility index (Phi) is 10.2. The lowest BCUT2D eigenvalue weighted by atomic mass is 9.98. The Labute approximate surface area is 272 Å². The molecule has 0 spiro atoms. The summed E-state index contributed by atoms with van der Waals surface area (Å²) in [5, 5.41) is 7.48. The molecule has 10 heteroatoms. The van der Waals surface area contributed by atoms with Crippen molar-refractivity contribution >= 4 is 35.7 Å². The number of ether oxygens (including phenoxy) is 2. The lowest BCUT2D eigenvalue weighted by Gasteiger charge is -2.18. The molecule has 2 saturated heterocycles. The van der Waals surface area contributed by atoms with Crippen LogP contribution in [-0.4, -0.2) is 43.4 Å². The van der Waals surface area contributed by atoms with E-state index in [0.29, 0.717) is 22.4 Å². The fraction of sp³-hybridized carbons (Fsp3) is 0.229. The zero-order valence-corrected chi connectivity index (χ0v) is 25.8. The molecule has 2 N–H and O–H groups in total. The van der Waals surface area contributed by atoms with E-state index in [1.54, 1.807) is 18.2 Å². The number of nitrogens with one attached hydrogen (secondary N) is 2. The summed E-state index contributed by atoms with van der Waals surface area (Å²) in [5.74, 6) is -0.794. The zero-order chi connectivity index (χ0) is 29.3. The van der Waals surface area contributed by atoms with Crippen molar-refractivity contribution in [1.29, 1.82) is 0 Å². The molecule has 0 radical (unpaired) electrons. The van der Waals surface area contributed by atoms with E-state index in [9.17, 15) is 13.2 Å². The number of halogens is 5. The maximum absolute atomic E-state index is 14.3. The van der Waals surface area contributed by atoms with Gasteiger partial charge in [-0.3, -0.25) is 0 Å². The largest absolute Gasteiger partial charge is 0.488 e. The fourth-order valence-electron chi connectivity index (χ4n) is 5.76. The van der Waals surface area contributed by atoms with Crippen LogP contribution in [0.15, 0.2) is 84.9 Å². The molecule has 234 valence electrons. The topological polar surface area (TPSA) is 55.4 Å². The minimum Gasteiger partial charge on any atom is -0.488 e. The molecular formula is C35H32Cl2F3N3O2. The minimum atomic E-state index is -0.920. The quantitative estimate of drug-likeness (QED) is 0.187. The Balaban J connectivity index is 0.00000200. The summed E-state index contributed by atoms with van der Waals surface area (Å²) in [6.45, 7) is 3.28. The van der Waals surface area contributed by atoms with Gasteiger partial charge < -0.3 is 20.1 Å². The molecule has 0 amide bonds. The summed E-state index contributed by atoms with van der Waals surface area (Å²) < 4.78 is 54.5. The van der Waals surface area contributed by atoms with Crippen LogP contribution in [0.3, 0.4) is 0 Å². The van der Waals surface area contributed by atoms with Crippen LogP contribution >= 0.6 is 24.8 Å². The molecule has 2 aliphatic rings. The van der Waals surface area contributed by atoms with E-state index in [2.05, 4.69) is 10.6 Å². The molecule has 45 heavy (non-hydrogen) atoms. The van der Waals surface area contributed by atoms with Crippen LogP contribution in [0.4, 0.5) is 13.2 Å². The van der Waals surface area contributed by atoms with E-state index in [0.717, 1.165) is 78.6 Å². The zero-order valence-electron chi connectivity index (χ0n) is 24.2. The maximum atomic E-state index is 14.3. The van der Waals surface area contributed by atoms with Crippen molar-refractivity contribution in [3.63, 3.8) is 0 Å². The first kappa shape index (κ1) is 32.6. The highest BCUT2D eigenvalue weighted by Crippen LogP contribution is 2.38. The first-order valence-electron chi connectivity index (χ1n) is 14.6. The van der Waals surface area contributed by atoms with Crippen molar-refractivity contribution in [3.8, 4) is 45.0 Å². The standard InChI is InChI=1S/C35H30F3N3O2.2ClH/c36-25-6-1-21(2-7-25)28-15-23(5-10-34(28)42-26-11-13-39-19-26)32-9-4-24-17-35(43-27-12-14-40-20-27)29(18-33(24)41-32)22-3-8-30(37)31(38)16-22;;/h1-10,15-18,26-27,39-40H,11-14,19-20H2;2*1H. The van der Waals surface area contributed by atoms with Crippen molar-refractivity contribution in [2.24, 2.45) is 0 Å². The molecule has 2 atom stereocenters. The highest BCUT2D eigenvalue weighted by molar-refractivity contribution is 5.90. The average Bonchev–Trinajstić information content (AvgIpc) is 3.74. The number of aromatic nitrogens is 1. The van der Waals surface area contributed by atoms with Gasteiger partial charge in [0.2, 0.25) is 0 Å². The van der Waals surface area contributed by atoms with Crippen LogP contribution in [0.1, 0.15) is 12.8 Å². The Morgan fingerprint density at radius 1 is 0.600 bits per heavy atom. The highest BCUT2D eigenvalue weighted by atomic mass is 35.5. The molecule has 3 heterocycles. The van der Waals surface area contributed by atoms with Gasteiger partial charge in [0, 0.05) is 35.2 Å². The van der Waals surface area contributed by atoms with Gasteiger partial charge in [0.25, 0.3) is 0 Å². The molecule has 2 fully saturated rings. The average molecular weight is 655 g/mol. The van der Waals surface area contributed by atoms with Crippen molar-refractivity contribution in [3.05, 3.63) is 102 Å². The third-order valence-corrected chi connectivity index (χ3v) is 8.07. The van der Waals surface area contributed by atoms with Crippen LogP contribution in [0, 0.1) is 17.5 Å². The van der Waals surface area contributed by atoms with Crippen LogP contribution in [-0.2, 0) is 0 Å². The number of nitrogens with zero attached hydrogens (tertiary/aromatic N) is 1. The van der Waals surface area contributed by atoms with Crippen molar-refractivity contribution in [1.82, 2.24) is 15.6 Å². The van der Waals surface area contributed by atoms with Crippen LogP contribution in [0.5, 0.6) is 11.5 Å². The van der Waals surface area contributed by atoms with Gasteiger partial charge in [0.05, 0.1) is 11.2 Å². The van der Waals surface area contributed by atoms with Crippen LogP contribution in [0.2, 0.25) is 0 Å². The summed E-state index contributed by atoms with van der Waals surface area (Å²) in [6, 6.07) is 23.9. The Morgan fingerprint density at radius 2 is 1.24 bits per heavy atom. The normalized spacial score (nSPS) is 17.5. The molecule has 0 bridgehead atoms. The summed E-state index contributed by atoms with van der Waals surface area (Å²) >= 11 is 0. The minimum absolute atomic E-state index is 0. The van der Waals surface area contributed by atoms with Crippen molar-refractivity contribution in [2.75, 3.05) is 26.2 Å². The number of hydrogen-bond acceptors (Lipinski definition) is 5. The number of benzene rings is 4. The summed E-state index contributed by atoms with van der Waals surface area (Å²) in [6.07, 6.45) is 1.83. The smallest absolute Gasteiger partial charge is 0.159 e. The van der Waals surface area contributed by atoms with Gasteiger partial charge >= 0.3 is 0 Å². The van der Waals surface area contributed by atoms with Crippen molar-refractivity contribution < 1.29 is 22.6 Å². The van der Waals surface area contributed by atoms with E-state index in [1.165, 1.54) is 18.2 Å². The van der Waals surface area contributed by atoms with Crippen LogP contribution < -0.4 is 20.1 Å². The molecule has 0 aliphatic carbocycles. The second-order valence-electron chi connectivity index (χ2n) is 11.0. The molecule has 2 aliphatic heterocycles. The highest BCUT2D eigenvalue weighted by Gasteiger charge is 2.21. The second-order valence-corrected chi connectivity index (χ2v) is 11.0. The van der Waals surface area contributed by atoms with Crippen LogP contribution in [0.25, 0.3) is 44.4 Å². The molecule has 5 aromatic rings. The predicted octanol–water partition coefficient (Wildman–Crippen LogP) is 7.98. The van der Waals surface area contributed by atoms with Gasteiger partial charge in [0.1, 0.15) is 29.5 Å². The number of hydrogen-bond donors (Lipinski definition) is 2. The van der Waals surface area contributed by atoms with E-state index >= 15 is 0 Å². The first-order valence-corrected chi connectivity index (χ1v) is 14.6. The first-order chi connectivity index (χ1) is 21.0. The van der Waals surface area contributed by atoms with Crippen molar-refractivity contribution in [2.45, 2.75) is 25.0 Å². The molecule has 4 aromatic carbocycles. The summed E-state index contributed by atoms with van der Waals surface area (Å²) in [7, 11) is 0. The monoisotopic (exact) mass is 653 g/mol. The summed E-state index contributed by atoms with van der Waals surface area (Å²) in [4.78, 5) is 4.98. The molecule has 0 saturated carbocycles. The second kappa shape index (κ2) is 14.1. The Bertz CT molecular complexity index is 1790. The third-order valence-electron chi connectivity index (χ3n) is 8.07. The lowest BCUT2D eigenvalue weighted by molar-refractivity contribution is 0.224. The van der Waals surface area contributed by atoms with E-state index in [4.69, 9.17) is 14.5 Å². The lowest BCUT2D eigenvalue weighted by Crippen LogP contribution is -2.20. The van der Waals surface area contributed by atoms with E-state index < -0.39 is 11.6 Å². The molecule has 1 aromatic heterocycles. The molecule has 5 nitrogen and oxygen atoms in total. The number of fused-ring (bicyclic) bond motifs is 1. The SMILES string of the molecule is Cl.Cl.Fc1ccc(-c2cc(-c3ccc4cc(OC5CCNC5)c(-c5ccc(F)c(F)c5)cc4n3)ccc2OC2CCNC2)cc1. The third kappa shape index (κ3) is 7.05. The van der Waals surface area contributed by atoms with Gasteiger partial charge in [-0.2, -0.15) is 0 Å². The van der Waals surface area contributed by atoms with E-state index in [1.807, 2.05) is 42.5 Å². The number of pyridine rings is 1. The molecule has 2 unspecified atom stereocenters. The Hall–Kier alpha value is -3.82. The Morgan fingerprint density at radius 3 is 1.91 bits per heavy atom. The fourth-order valence-corrected chi connectivity index (χ4v) is 5.76.